The van der Waals surface area contributed by atoms with Gasteiger partial charge in [-0.1, -0.05) is 13.3 Å². The van der Waals surface area contributed by atoms with Gasteiger partial charge in [0.15, 0.2) is 5.82 Å². The van der Waals surface area contributed by atoms with E-state index in [0.717, 1.165) is 6.42 Å². The predicted octanol–water partition coefficient (Wildman–Crippen LogP) is 1.19. The number of rotatable bonds is 3. The van der Waals surface area contributed by atoms with Crippen molar-refractivity contribution in [3.63, 3.8) is 0 Å². The van der Waals surface area contributed by atoms with E-state index in [9.17, 15) is 9.90 Å². The van der Waals surface area contributed by atoms with Crippen molar-refractivity contribution in [1.82, 2.24) is 19.9 Å². The highest BCUT2D eigenvalue weighted by Crippen LogP contribution is 2.16. The molecule has 2 N–H and O–H groups in total. The number of H-pyrrole nitrogens is 1. The average molecular weight is 246 g/mol. The first-order valence-electron chi connectivity index (χ1n) is 5.74. The molecule has 0 amide bonds. The Hall–Kier alpha value is -2.24. The topological polar surface area (TPSA) is 91.8 Å². The number of nitrogens with one attached hydrogen (secondary N) is 1. The molecule has 0 fully saturated rings. The van der Waals surface area contributed by atoms with Crippen LogP contribution in [0.1, 0.15) is 24.7 Å². The standard InChI is InChI=1S/C12H14N4O2/c1-3-4-8-11(17)15-10(16-12(8)18)9-5-6-13-7(2)14-9/h5-6H,3-4H2,1-2H3,(H2,15,16,17,18). The van der Waals surface area contributed by atoms with Gasteiger partial charge >= 0.3 is 0 Å². The van der Waals surface area contributed by atoms with E-state index < -0.39 is 0 Å². The van der Waals surface area contributed by atoms with E-state index in [1.807, 2.05) is 6.92 Å². The zero-order valence-electron chi connectivity index (χ0n) is 10.3. The molecule has 2 aromatic rings. The first kappa shape index (κ1) is 12.2. The number of nitrogens with zero attached hydrogens (tertiary/aromatic N) is 3. The summed E-state index contributed by atoms with van der Waals surface area (Å²) in [7, 11) is 0. The summed E-state index contributed by atoms with van der Waals surface area (Å²) in [4.78, 5) is 26.5. The van der Waals surface area contributed by atoms with Crippen LogP contribution in [-0.4, -0.2) is 25.0 Å². The van der Waals surface area contributed by atoms with Gasteiger partial charge in [0.05, 0.1) is 5.56 Å². The molecule has 0 bridgehead atoms. The summed E-state index contributed by atoms with van der Waals surface area (Å²) >= 11 is 0. The number of aromatic nitrogens is 4. The monoisotopic (exact) mass is 246 g/mol. The molecule has 18 heavy (non-hydrogen) atoms. The number of hydrogen-bond donors (Lipinski definition) is 2. The maximum absolute atomic E-state index is 11.8. The van der Waals surface area contributed by atoms with E-state index in [4.69, 9.17) is 0 Å². The highest BCUT2D eigenvalue weighted by molar-refractivity contribution is 5.49. The molecule has 0 atom stereocenters. The third-order valence-electron chi connectivity index (χ3n) is 2.51. The Balaban J connectivity index is 2.51. The second-order valence-corrected chi connectivity index (χ2v) is 3.96. The van der Waals surface area contributed by atoms with Crippen LogP contribution in [0.15, 0.2) is 17.1 Å². The molecule has 0 unspecified atom stereocenters. The van der Waals surface area contributed by atoms with Crippen molar-refractivity contribution in [3.05, 3.63) is 34.0 Å². The van der Waals surface area contributed by atoms with Crippen molar-refractivity contribution in [3.8, 4) is 17.4 Å². The molecule has 6 nitrogen and oxygen atoms in total. The van der Waals surface area contributed by atoms with Crippen LogP contribution in [-0.2, 0) is 6.42 Å². The summed E-state index contributed by atoms with van der Waals surface area (Å²) < 4.78 is 0. The molecule has 0 aliphatic rings. The van der Waals surface area contributed by atoms with E-state index in [2.05, 4.69) is 19.9 Å². The van der Waals surface area contributed by atoms with Crippen LogP contribution in [0.2, 0.25) is 0 Å². The normalized spacial score (nSPS) is 10.6. The minimum atomic E-state index is -0.324. The molecular weight excluding hydrogens is 232 g/mol. The number of aryl methyl sites for hydroxylation is 1. The number of aromatic amines is 1. The summed E-state index contributed by atoms with van der Waals surface area (Å²) in [6.45, 7) is 3.67. The van der Waals surface area contributed by atoms with Crippen LogP contribution in [0.3, 0.4) is 0 Å². The maximum Gasteiger partial charge on any atom is 0.258 e. The molecule has 94 valence electrons. The fraction of sp³-hybridized carbons (Fsp3) is 0.333. The van der Waals surface area contributed by atoms with Gasteiger partial charge < -0.3 is 10.1 Å². The Labute approximate surface area is 104 Å². The SMILES string of the molecule is CCCc1c(O)nc(-c2ccnc(C)n2)[nH]c1=O. The lowest BCUT2D eigenvalue weighted by Gasteiger charge is -2.04. The Morgan fingerprint density at radius 3 is 2.78 bits per heavy atom. The lowest BCUT2D eigenvalue weighted by molar-refractivity contribution is 0.443. The first-order valence-corrected chi connectivity index (χ1v) is 5.74. The Morgan fingerprint density at radius 1 is 1.39 bits per heavy atom. The van der Waals surface area contributed by atoms with Crippen LogP contribution >= 0.6 is 0 Å². The van der Waals surface area contributed by atoms with Crippen molar-refractivity contribution in [2.45, 2.75) is 26.7 Å². The summed E-state index contributed by atoms with van der Waals surface area (Å²) in [5, 5.41) is 9.76. The predicted molar refractivity (Wildman–Crippen MR) is 66.3 cm³/mol. The molecular formula is C12H14N4O2. The lowest BCUT2D eigenvalue weighted by atomic mass is 10.2. The third-order valence-corrected chi connectivity index (χ3v) is 2.51. The summed E-state index contributed by atoms with van der Waals surface area (Å²) in [6.07, 6.45) is 2.84. The molecule has 0 aliphatic heterocycles. The van der Waals surface area contributed by atoms with Gasteiger partial charge in [-0.05, 0) is 19.4 Å². The molecule has 2 heterocycles. The van der Waals surface area contributed by atoms with Gasteiger partial charge in [-0.3, -0.25) is 4.79 Å². The molecule has 0 saturated carbocycles. The molecule has 0 aromatic carbocycles. The van der Waals surface area contributed by atoms with E-state index in [1.165, 1.54) is 0 Å². The Kier molecular flexibility index (Phi) is 3.36. The zero-order valence-corrected chi connectivity index (χ0v) is 10.3. The van der Waals surface area contributed by atoms with Crippen LogP contribution in [0.25, 0.3) is 11.5 Å². The molecule has 0 spiro atoms. The van der Waals surface area contributed by atoms with E-state index in [0.29, 0.717) is 23.5 Å². The van der Waals surface area contributed by atoms with E-state index in [-0.39, 0.29) is 17.3 Å². The van der Waals surface area contributed by atoms with Gasteiger partial charge in [0.25, 0.3) is 5.56 Å². The van der Waals surface area contributed by atoms with Crippen molar-refractivity contribution in [2.75, 3.05) is 0 Å². The van der Waals surface area contributed by atoms with Gasteiger partial charge in [-0.15, -0.1) is 0 Å². The second-order valence-electron chi connectivity index (χ2n) is 3.96. The first-order chi connectivity index (χ1) is 8.61. The van der Waals surface area contributed by atoms with Gasteiger partial charge in [-0.25, -0.2) is 9.97 Å². The largest absolute Gasteiger partial charge is 0.493 e. The fourth-order valence-electron chi connectivity index (χ4n) is 1.67. The molecule has 0 radical (unpaired) electrons. The summed E-state index contributed by atoms with van der Waals surface area (Å²) in [5.41, 5.74) is 0.473. The lowest BCUT2D eigenvalue weighted by Crippen LogP contribution is -2.15. The van der Waals surface area contributed by atoms with E-state index in [1.54, 1.807) is 19.2 Å². The van der Waals surface area contributed by atoms with Crippen molar-refractivity contribution >= 4 is 0 Å². The van der Waals surface area contributed by atoms with Crippen molar-refractivity contribution < 1.29 is 5.11 Å². The summed E-state index contributed by atoms with van der Waals surface area (Å²) in [6, 6.07) is 1.63. The van der Waals surface area contributed by atoms with Crippen LogP contribution < -0.4 is 5.56 Å². The van der Waals surface area contributed by atoms with Crippen LogP contribution in [0.4, 0.5) is 0 Å². The van der Waals surface area contributed by atoms with Gasteiger partial charge in [0.1, 0.15) is 11.5 Å². The number of aromatic hydroxyl groups is 1. The minimum absolute atomic E-state index is 0.230. The van der Waals surface area contributed by atoms with Gasteiger partial charge in [0, 0.05) is 6.20 Å². The molecule has 2 rings (SSSR count). The van der Waals surface area contributed by atoms with Crippen LogP contribution in [0, 0.1) is 6.92 Å². The van der Waals surface area contributed by atoms with Crippen molar-refractivity contribution in [1.29, 1.82) is 0 Å². The quantitative estimate of drug-likeness (QED) is 0.848. The highest BCUT2D eigenvalue weighted by atomic mass is 16.3. The Morgan fingerprint density at radius 2 is 2.17 bits per heavy atom. The van der Waals surface area contributed by atoms with Crippen LogP contribution in [0.5, 0.6) is 5.88 Å². The molecule has 0 aliphatic carbocycles. The third kappa shape index (κ3) is 2.37. The molecule has 6 heteroatoms. The average Bonchev–Trinajstić information content (AvgIpc) is 2.33. The molecule has 2 aromatic heterocycles. The van der Waals surface area contributed by atoms with Gasteiger partial charge in [0.2, 0.25) is 5.88 Å². The highest BCUT2D eigenvalue weighted by Gasteiger charge is 2.11. The Bertz CT molecular complexity index is 622. The smallest absolute Gasteiger partial charge is 0.258 e. The number of hydrogen-bond acceptors (Lipinski definition) is 5. The molecule has 0 saturated heterocycles. The second kappa shape index (κ2) is 4.95. The van der Waals surface area contributed by atoms with Crippen molar-refractivity contribution in [2.24, 2.45) is 0 Å². The minimum Gasteiger partial charge on any atom is -0.493 e. The zero-order chi connectivity index (χ0) is 13.1. The van der Waals surface area contributed by atoms with Gasteiger partial charge in [-0.2, -0.15) is 4.98 Å². The maximum atomic E-state index is 11.8. The summed E-state index contributed by atoms with van der Waals surface area (Å²) in [5.74, 6) is 0.599. The van der Waals surface area contributed by atoms with E-state index >= 15 is 0 Å². The fourth-order valence-corrected chi connectivity index (χ4v) is 1.67.